The smallest absolute Gasteiger partial charge is 0.239 e. The summed E-state index contributed by atoms with van der Waals surface area (Å²) in [6, 6.07) is -1.64. The van der Waals surface area contributed by atoms with Crippen molar-refractivity contribution < 1.29 is 14.7 Å². The van der Waals surface area contributed by atoms with Gasteiger partial charge in [0.1, 0.15) is 6.23 Å². The molecule has 4 atom stereocenters. The van der Waals surface area contributed by atoms with E-state index in [4.69, 9.17) is 5.73 Å². The topological polar surface area (TPSA) is 108 Å². The Morgan fingerprint density at radius 3 is 2.08 bits per heavy atom. The molecule has 0 bridgehead atoms. The fourth-order valence-corrected chi connectivity index (χ4v) is 2.35. The number of nitrogens with one attached hydrogen (secondary N) is 2. The lowest BCUT2D eigenvalue weighted by molar-refractivity contribution is -0.134. The Balaban J connectivity index is 0. The molecule has 0 rings (SSSR count). The molecule has 0 heterocycles. The minimum atomic E-state index is -1.00. The number of carbonyl (C=O) groups excluding carboxylic acids is 2. The number of hydrogen-bond donors (Lipinski definition) is 4. The van der Waals surface area contributed by atoms with Gasteiger partial charge in [-0.25, -0.2) is 0 Å². The lowest BCUT2D eigenvalue weighted by Crippen LogP contribution is -2.57. The van der Waals surface area contributed by atoms with Crippen LogP contribution in [-0.4, -0.2) is 59.3 Å². The van der Waals surface area contributed by atoms with Crippen LogP contribution in [0.3, 0.4) is 0 Å². The standard InChI is InChI=1S/C16H34N4O3.C2H6/c1-6-9-13(19-14(21)11(4)17)15(22)18-12(5)16(23)20(8-3)10-7-2;1-2/h11-13,15,18,22H,6-10,17H2,1-5H3,(H,19,21);1-2H3. The van der Waals surface area contributed by atoms with E-state index < -0.39 is 24.4 Å². The van der Waals surface area contributed by atoms with E-state index in [9.17, 15) is 14.7 Å². The third kappa shape index (κ3) is 10.4. The first kappa shape index (κ1) is 26.1. The average molecular weight is 361 g/mol. The van der Waals surface area contributed by atoms with E-state index in [1.54, 1.807) is 18.7 Å². The predicted octanol–water partition coefficient (Wildman–Crippen LogP) is 1.20. The Morgan fingerprint density at radius 2 is 1.68 bits per heavy atom. The molecule has 0 aliphatic heterocycles. The molecular weight excluding hydrogens is 320 g/mol. The van der Waals surface area contributed by atoms with Gasteiger partial charge in [-0.3, -0.25) is 14.9 Å². The molecule has 0 saturated carbocycles. The van der Waals surface area contributed by atoms with Crippen LogP contribution in [0.25, 0.3) is 0 Å². The SMILES string of the molecule is CC.CCCC(NC(=O)C(C)N)C(O)NC(C)C(=O)N(CC)CCC. The third-order valence-corrected chi connectivity index (χ3v) is 3.70. The monoisotopic (exact) mass is 360 g/mol. The molecule has 0 radical (unpaired) electrons. The van der Waals surface area contributed by atoms with E-state index in [0.29, 0.717) is 19.5 Å². The van der Waals surface area contributed by atoms with Gasteiger partial charge in [0.15, 0.2) is 0 Å². The fourth-order valence-electron chi connectivity index (χ4n) is 2.35. The van der Waals surface area contributed by atoms with Crippen LogP contribution in [0.15, 0.2) is 0 Å². The van der Waals surface area contributed by atoms with Crippen molar-refractivity contribution in [1.82, 2.24) is 15.5 Å². The van der Waals surface area contributed by atoms with Crippen LogP contribution in [0.1, 0.15) is 67.7 Å². The Labute approximate surface area is 153 Å². The first-order valence-electron chi connectivity index (χ1n) is 9.57. The number of aliphatic hydroxyl groups excluding tert-OH is 1. The van der Waals surface area contributed by atoms with E-state index in [1.165, 1.54) is 0 Å². The summed E-state index contributed by atoms with van der Waals surface area (Å²) < 4.78 is 0. The van der Waals surface area contributed by atoms with Crippen molar-refractivity contribution in [3.63, 3.8) is 0 Å². The van der Waals surface area contributed by atoms with Crippen molar-refractivity contribution in [1.29, 1.82) is 0 Å². The van der Waals surface area contributed by atoms with Gasteiger partial charge in [-0.05, 0) is 33.6 Å². The average Bonchev–Trinajstić information content (AvgIpc) is 2.59. The summed E-state index contributed by atoms with van der Waals surface area (Å²) >= 11 is 0. The number of hydrogen-bond acceptors (Lipinski definition) is 5. The predicted molar refractivity (Wildman–Crippen MR) is 103 cm³/mol. The summed E-state index contributed by atoms with van der Waals surface area (Å²) in [5.41, 5.74) is 5.55. The van der Waals surface area contributed by atoms with Gasteiger partial charge in [0.05, 0.1) is 18.1 Å². The minimum absolute atomic E-state index is 0.0535. The summed E-state index contributed by atoms with van der Waals surface area (Å²) in [5, 5.41) is 16.0. The molecule has 0 aliphatic carbocycles. The van der Waals surface area contributed by atoms with Crippen LogP contribution in [0.5, 0.6) is 0 Å². The van der Waals surface area contributed by atoms with Gasteiger partial charge in [0.25, 0.3) is 0 Å². The quantitative estimate of drug-likeness (QED) is 0.414. The van der Waals surface area contributed by atoms with Crippen LogP contribution >= 0.6 is 0 Å². The van der Waals surface area contributed by atoms with Gasteiger partial charge < -0.3 is 21.1 Å². The zero-order valence-corrected chi connectivity index (χ0v) is 17.1. The number of rotatable bonds is 11. The van der Waals surface area contributed by atoms with Crippen LogP contribution < -0.4 is 16.4 Å². The molecule has 2 amide bonds. The van der Waals surface area contributed by atoms with Crippen molar-refractivity contribution in [3.05, 3.63) is 0 Å². The molecule has 25 heavy (non-hydrogen) atoms. The lowest BCUT2D eigenvalue weighted by Gasteiger charge is -2.30. The molecule has 0 aromatic rings. The number of amides is 2. The molecule has 0 spiro atoms. The second-order valence-electron chi connectivity index (χ2n) is 5.94. The van der Waals surface area contributed by atoms with Crippen LogP contribution in [0.4, 0.5) is 0 Å². The maximum Gasteiger partial charge on any atom is 0.239 e. The molecule has 7 heteroatoms. The highest BCUT2D eigenvalue weighted by Crippen LogP contribution is 2.04. The zero-order chi connectivity index (χ0) is 20.0. The van der Waals surface area contributed by atoms with E-state index in [-0.39, 0.29) is 11.8 Å². The number of likely N-dealkylation sites (N-methyl/N-ethyl adjacent to an activating group) is 1. The molecule has 0 fully saturated rings. The van der Waals surface area contributed by atoms with E-state index in [0.717, 1.165) is 12.8 Å². The lowest BCUT2D eigenvalue weighted by atomic mass is 10.1. The molecule has 0 saturated heterocycles. The highest BCUT2D eigenvalue weighted by Gasteiger charge is 2.26. The highest BCUT2D eigenvalue weighted by atomic mass is 16.3. The maximum atomic E-state index is 12.4. The van der Waals surface area contributed by atoms with Gasteiger partial charge in [-0.15, -0.1) is 0 Å². The van der Waals surface area contributed by atoms with E-state index in [2.05, 4.69) is 10.6 Å². The minimum Gasteiger partial charge on any atom is -0.376 e. The van der Waals surface area contributed by atoms with Gasteiger partial charge >= 0.3 is 0 Å². The summed E-state index contributed by atoms with van der Waals surface area (Å²) in [4.78, 5) is 25.8. The Hall–Kier alpha value is -1.18. The molecular formula is C18H40N4O3. The van der Waals surface area contributed by atoms with Crippen molar-refractivity contribution >= 4 is 11.8 Å². The van der Waals surface area contributed by atoms with Crippen molar-refractivity contribution in [2.45, 2.75) is 92.1 Å². The molecule has 0 aliphatic rings. The molecule has 5 N–H and O–H groups in total. The largest absolute Gasteiger partial charge is 0.376 e. The second-order valence-corrected chi connectivity index (χ2v) is 5.94. The second kappa shape index (κ2) is 15.1. The summed E-state index contributed by atoms with van der Waals surface area (Å²) in [6.45, 7) is 14.6. The molecule has 150 valence electrons. The number of aliphatic hydroxyl groups is 1. The highest BCUT2D eigenvalue weighted by molar-refractivity contribution is 5.82. The number of nitrogens with two attached hydrogens (primary N) is 1. The van der Waals surface area contributed by atoms with Gasteiger partial charge in [-0.1, -0.05) is 34.1 Å². The van der Waals surface area contributed by atoms with Gasteiger partial charge in [-0.2, -0.15) is 0 Å². The van der Waals surface area contributed by atoms with Crippen molar-refractivity contribution in [2.24, 2.45) is 5.73 Å². The van der Waals surface area contributed by atoms with Gasteiger partial charge in [0.2, 0.25) is 11.8 Å². The van der Waals surface area contributed by atoms with Crippen LogP contribution in [0, 0.1) is 0 Å². The van der Waals surface area contributed by atoms with E-state index in [1.807, 2.05) is 34.6 Å². The molecule has 4 unspecified atom stereocenters. The Bertz CT molecular complexity index is 364. The van der Waals surface area contributed by atoms with Crippen LogP contribution in [0.2, 0.25) is 0 Å². The van der Waals surface area contributed by atoms with Gasteiger partial charge in [0, 0.05) is 13.1 Å². The maximum absolute atomic E-state index is 12.4. The first-order chi connectivity index (χ1) is 11.8. The summed E-state index contributed by atoms with van der Waals surface area (Å²) in [5.74, 6) is -0.369. The Morgan fingerprint density at radius 1 is 1.12 bits per heavy atom. The molecule has 7 nitrogen and oxygen atoms in total. The number of nitrogens with zero attached hydrogens (tertiary/aromatic N) is 1. The van der Waals surface area contributed by atoms with Crippen LogP contribution in [-0.2, 0) is 9.59 Å². The fraction of sp³-hybridized carbons (Fsp3) is 0.889. The summed E-state index contributed by atoms with van der Waals surface area (Å²) in [6.07, 6.45) is 1.27. The van der Waals surface area contributed by atoms with E-state index >= 15 is 0 Å². The number of carbonyl (C=O) groups is 2. The van der Waals surface area contributed by atoms with Crippen molar-refractivity contribution in [2.75, 3.05) is 13.1 Å². The van der Waals surface area contributed by atoms with Crippen molar-refractivity contribution in [3.8, 4) is 0 Å². The molecule has 0 aromatic heterocycles. The first-order valence-corrected chi connectivity index (χ1v) is 9.57. The Kier molecular flexibility index (Phi) is 15.7. The normalized spacial score (nSPS) is 15.2. The zero-order valence-electron chi connectivity index (χ0n) is 17.1. The summed E-state index contributed by atoms with van der Waals surface area (Å²) in [7, 11) is 0. The third-order valence-electron chi connectivity index (χ3n) is 3.70. The molecule has 0 aromatic carbocycles.